The second kappa shape index (κ2) is 6.02. The first-order chi connectivity index (χ1) is 7.65. The number of carboxylic acid groups (broad SMARTS) is 1. The maximum atomic E-state index is 12.8. The normalized spacial score (nSPS) is 10.1. The van der Waals surface area contributed by atoms with Crippen LogP contribution in [0.3, 0.4) is 0 Å². The molecule has 0 bridgehead atoms. The Balaban J connectivity index is 2.67. The quantitative estimate of drug-likeness (QED) is 0.719. The van der Waals surface area contributed by atoms with Gasteiger partial charge in [0, 0.05) is 13.2 Å². The molecule has 0 aliphatic heterocycles. The summed E-state index contributed by atoms with van der Waals surface area (Å²) in [5.74, 6) is -1.74. The molecule has 1 rings (SSSR count). The van der Waals surface area contributed by atoms with Crippen LogP contribution in [-0.4, -0.2) is 35.8 Å². The molecule has 0 amide bonds. The highest BCUT2D eigenvalue weighted by Gasteiger charge is 2.12. The molecule has 5 nitrogen and oxygen atoms in total. The van der Waals surface area contributed by atoms with E-state index in [2.05, 4.69) is 10.3 Å². The second-order valence-corrected chi connectivity index (χ2v) is 2.98. The van der Waals surface area contributed by atoms with Gasteiger partial charge in [-0.25, -0.2) is 14.2 Å². The number of carboxylic acids is 1. The molecular weight excluding hydrogens is 215 g/mol. The highest BCUT2D eigenvalue weighted by molar-refractivity contribution is 5.93. The third-order valence-electron chi connectivity index (χ3n) is 1.83. The maximum absolute atomic E-state index is 12.8. The molecule has 0 aliphatic rings. The molecule has 0 atom stereocenters. The van der Waals surface area contributed by atoms with E-state index in [1.807, 2.05) is 6.92 Å². The lowest BCUT2D eigenvalue weighted by Crippen LogP contribution is -2.13. The number of hydrogen-bond donors (Lipinski definition) is 2. The van der Waals surface area contributed by atoms with Crippen molar-refractivity contribution in [3.8, 4) is 0 Å². The first kappa shape index (κ1) is 12.4. The average molecular weight is 228 g/mol. The van der Waals surface area contributed by atoms with Crippen LogP contribution in [0, 0.1) is 5.82 Å². The van der Waals surface area contributed by atoms with Crippen LogP contribution in [0.1, 0.15) is 17.3 Å². The van der Waals surface area contributed by atoms with E-state index in [1.165, 1.54) is 0 Å². The van der Waals surface area contributed by atoms with E-state index in [4.69, 9.17) is 9.84 Å². The van der Waals surface area contributed by atoms with Crippen LogP contribution in [0.15, 0.2) is 12.3 Å². The summed E-state index contributed by atoms with van der Waals surface area (Å²) < 4.78 is 17.8. The zero-order valence-corrected chi connectivity index (χ0v) is 8.86. The number of anilines is 1. The highest BCUT2D eigenvalue weighted by Crippen LogP contribution is 2.13. The SMILES string of the molecule is CCOCCNc1ncc(F)cc1C(=O)O. The minimum Gasteiger partial charge on any atom is -0.478 e. The minimum atomic E-state index is -1.22. The molecule has 0 aliphatic carbocycles. The van der Waals surface area contributed by atoms with E-state index in [1.54, 1.807) is 0 Å². The molecule has 6 heteroatoms. The van der Waals surface area contributed by atoms with E-state index < -0.39 is 11.8 Å². The zero-order chi connectivity index (χ0) is 12.0. The predicted molar refractivity (Wildman–Crippen MR) is 56.1 cm³/mol. The summed E-state index contributed by atoms with van der Waals surface area (Å²) in [7, 11) is 0. The Morgan fingerprint density at radius 3 is 3.06 bits per heavy atom. The van der Waals surface area contributed by atoms with Gasteiger partial charge in [0.15, 0.2) is 0 Å². The Morgan fingerprint density at radius 1 is 1.69 bits per heavy atom. The summed E-state index contributed by atoms with van der Waals surface area (Å²) in [5.41, 5.74) is -0.184. The van der Waals surface area contributed by atoms with Crippen molar-refractivity contribution in [2.24, 2.45) is 0 Å². The number of aromatic nitrogens is 1. The van der Waals surface area contributed by atoms with E-state index in [0.717, 1.165) is 12.3 Å². The van der Waals surface area contributed by atoms with Crippen LogP contribution in [-0.2, 0) is 4.74 Å². The predicted octanol–water partition coefficient (Wildman–Crippen LogP) is 1.37. The van der Waals surface area contributed by atoms with Gasteiger partial charge in [0.1, 0.15) is 17.2 Å². The lowest BCUT2D eigenvalue weighted by atomic mass is 10.2. The molecule has 16 heavy (non-hydrogen) atoms. The number of aromatic carboxylic acids is 1. The number of halogens is 1. The molecule has 0 unspecified atom stereocenters. The average Bonchev–Trinajstić information content (AvgIpc) is 2.26. The van der Waals surface area contributed by atoms with Gasteiger partial charge in [-0.05, 0) is 13.0 Å². The Bertz CT molecular complexity index is 371. The van der Waals surface area contributed by atoms with Gasteiger partial charge in [-0.1, -0.05) is 0 Å². The molecule has 0 fully saturated rings. The molecular formula is C10H13FN2O3. The molecule has 88 valence electrons. The number of carbonyl (C=O) groups is 1. The van der Waals surface area contributed by atoms with Crippen LogP contribution < -0.4 is 5.32 Å². The van der Waals surface area contributed by atoms with Crippen molar-refractivity contribution >= 4 is 11.8 Å². The Hall–Kier alpha value is -1.69. The fraction of sp³-hybridized carbons (Fsp3) is 0.400. The van der Waals surface area contributed by atoms with Gasteiger partial charge < -0.3 is 15.2 Å². The first-order valence-electron chi connectivity index (χ1n) is 4.85. The van der Waals surface area contributed by atoms with E-state index >= 15 is 0 Å². The number of nitrogens with one attached hydrogen (secondary N) is 1. The molecule has 1 heterocycles. The second-order valence-electron chi connectivity index (χ2n) is 2.98. The van der Waals surface area contributed by atoms with Crippen LogP contribution >= 0.6 is 0 Å². The lowest BCUT2D eigenvalue weighted by Gasteiger charge is -2.08. The number of nitrogens with zero attached hydrogens (tertiary/aromatic N) is 1. The van der Waals surface area contributed by atoms with Gasteiger partial charge >= 0.3 is 5.97 Å². The van der Waals surface area contributed by atoms with Gasteiger partial charge in [0.25, 0.3) is 0 Å². The van der Waals surface area contributed by atoms with Gasteiger partial charge in [-0.2, -0.15) is 0 Å². The Morgan fingerprint density at radius 2 is 2.44 bits per heavy atom. The highest BCUT2D eigenvalue weighted by atomic mass is 19.1. The molecule has 0 saturated carbocycles. The monoisotopic (exact) mass is 228 g/mol. The summed E-state index contributed by atoms with van der Waals surface area (Å²) in [4.78, 5) is 14.5. The molecule has 0 radical (unpaired) electrons. The maximum Gasteiger partial charge on any atom is 0.339 e. The van der Waals surface area contributed by atoms with Gasteiger partial charge in [-0.15, -0.1) is 0 Å². The number of ether oxygens (including phenoxy) is 1. The topological polar surface area (TPSA) is 71.5 Å². The van der Waals surface area contributed by atoms with E-state index in [-0.39, 0.29) is 11.4 Å². The molecule has 0 aromatic carbocycles. The largest absolute Gasteiger partial charge is 0.478 e. The third-order valence-corrected chi connectivity index (χ3v) is 1.83. The van der Waals surface area contributed by atoms with Crippen molar-refractivity contribution in [2.75, 3.05) is 25.1 Å². The van der Waals surface area contributed by atoms with Crippen molar-refractivity contribution in [1.82, 2.24) is 4.98 Å². The lowest BCUT2D eigenvalue weighted by molar-refractivity contribution is 0.0697. The molecule has 1 aromatic rings. The number of rotatable bonds is 6. The number of pyridine rings is 1. The zero-order valence-electron chi connectivity index (χ0n) is 8.86. The molecule has 0 saturated heterocycles. The molecule has 1 aromatic heterocycles. The van der Waals surface area contributed by atoms with Crippen molar-refractivity contribution in [1.29, 1.82) is 0 Å². The Labute approximate surface area is 92.3 Å². The summed E-state index contributed by atoms with van der Waals surface area (Å²) in [6.07, 6.45) is 0.968. The fourth-order valence-corrected chi connectivity index (χ4v) is 1.13. The summed E-state index contributed by atoms with van der Waals surface area (Å²) >= 11 is 0. The van der Waals surface area contributed by atoms with Crippen LogP contribution in [0.4, 0.5) is 10.2 Å². The minimum absolute atomic E-state index is 0.147. The van der Waals surface area contributed by atoms with Crippen molar-refractivity contribution in [3.63, 3.8) is 0 Å². The molecule has 0 spiro atoms. The van der Waals surface area contributed by atoms with Crippen molar-refractivity contribution in [2.45, 2.75) is 6.92 Å². The Kier molecular flexibility index (Phi) is 4.65. The standard InChI is InChI=1S/C10H13FN2O3/c1-2-16-4-3-12-9-8(10(14)15)5-7(11)6-13-9/h5-6H,2-4H2,1H3,(H,12,13)(H,14,15). The van der Waals surface area contributed by atoms with Crippen molar-refractivity contribution in [3.05, 3.63) is 23.6 Å². The van der Waals surface area contributed by atoms with E-state index in [0.29, 0.717) is 19.8 Å². The van der Waals surface area contributed by atoms with Crippen LogP contribution in [0.25, 0.3) is 0 Å². The summed E-state index contributed by atoms with van der Waals surface area (Å²) in [6, 6.07) is 0.929. The van der Waals surface area contributed by atoms with Gasteiger partial charge in [0.2, 0.25) is 0 Å². The van der Waals surface area contributed by atoms with Crippen LogP contribution in [0.5, 0.6) is 0 Å². The third kappa shape index (κ3) is 3.47. The first-order valence-corrected chi connectivity index (χ1v) is 4.85. The van der Waals surface area contributed by atoms with E-state index in [9.17, 15) is 9.18 Å². The fourth-order valence-electron chi connectivity index (χ4n) is 1.13. The van der Waals surface area contributed by atoms with Crippen molar-refractivity contribution < 1.29 is 19.0 Å². The van der Waals surface area contributed by atoms with Gasteiger partial charge in [0.05, 0.1) is 12.8 Å². The number of hydrogen-bond acceptors (Lipinski definition) is 4. The van der Waals surface area contributed by atoms with Gasteiger partial charge in [-0.3, -0.25) is 0 Å². The summed E-state index contributed by atoms with van der Waals surface area (Å²) in [6.45, 7) is 3.31. The van der Waals surface area contributed by atoms with Crippen LogP contribution in [0.2, 0.25) is 0 Å². The molecule has 2 N–H and O–H groups in total. The summed E-state index contributed by atoms with van der Waals surface area (Å²) in [5, 5.41) is 11.6. The smallest absolute Gasteiger partial charge is 0.339 e.